The van der Waals surface area contributed by atoms with Crippen LogP contribution >= 0.6 is 0 Å². The minimum atomic E-state index is -0.632. The Bertz CT molecular complexity index is 535. The van der Waals surface area contributed by atoms with Crippen molar-refractivity contribution in [3.05, 3.63) is 47.1 Å². The average Bonchev–Trinajstić information content (AvgIpc) is 2.72. The van der Waals surface area contributed by atoms with E-state index in [0.717, 1.165) is 6.07 Å². The van der Waals surface area contributed by atoms with E-state index in [9.17, 15) is 8.78 Å². The van der Waals surface area contributed by atoms with Crippen LogP contribution in [0, 0.1) is 11.6 Å². The van der Waals surface area contributed by atoms with Crippen molar-refractivity contribution in [2.45, 2.75) is 32.3 Å². The SMILES string of the molecule is CC(O)CCc1nc(Cc2cc(F)cc(F)c2)no1. The summed E-state index contributed by atoms with van der Waals surface area (Å²) in [7, 11) is 0. The number of halogens is 2. The first-order valence-corrected chi connectivity index (χ1v) is 5.97. The largest absolute Gasteiger partial charge is 0.393 e. The lowest BCUT2D eigenvalue weighted by atomic mass is 10.1. The van der Waals surface area contributed by atoms with Crippen LogP contribution in [0.1, 0.15) is 30.6 Å². The van der Waals surface area contributed by atoms with Crippen molar-refractivity contribution in [2.75, 3.05) is 0 Å². The number of rotatable bonds is 5. The van der Waals surface area contributed by atoms with Gasteiger partial charge in [0.15, 0.2) is 5.82 Å². The fourth-order valence-corrected chi connectivity index (χ4v) is 1.69. The van der Waals surface area contributed by atoms with Gasteiger partial charge in [0.25, 0.3) is 0 Å². The number of aryl methyl sites for hydroxylation is 1. The predicted molar refractivity (Wildman–Crippen MR) is 63.5 cm³/mol. The van der Waals surface area contributed by atoms with Gasteiger partial charge in [-0.1, -0.05) is 5.16 Å². The van der Waals surface area contributed by atoms with Crippen LogP contribution < -0.4 is 0 Å². The van der Waals surface area contributed by atoms with E-state index in [2.05, 4.69) is 10.1 Å². The molecular weight excluding hydrogens is 254 g/mol. The van der Waals surface area contributed by atoms with Gasteiger partial charge in [-0.3, -0.25) is 0 Å². The minimum Gasteiger partial charge on any atom is -0.393 e. The number of aromatic nitrogens is 2. The Hall–Kier alpha value is -1.82. The normalized spacial score (nSPS) is 12.6. The number of benzene rings is 1. The van der Waals surface area contributed by atoms with Gasteiger partial charge in [0.2, 0.25) is 5.89 Å². The third-order valence-corrected chi connectivity index (χ3v) is 2.57. The summed E-state index contributed by atoms with van der Waals surface area (Å²) < 4.78 is 31.0. The van der Waals surface area contributed by atoms with Crippen LogP contribution in [0.3, 0.4) is 0 Å². The first kappa shape index (κ1) is 13.6. The Kier molecular flexibility index (Phi) is 4.21. The lowest BCUT2D eigenvalue weighted by molar-refractivity contribution is 0.180. The summed E-state index contributed by atoms with van der Waals surface area (Å²) in [6, 6.07) is 3.28. The number of nitrogens with zero attached hydrogens (tertiary/aromatic N) is 2. The molecule has 2 aromatic rings. The van der Waals surface area contributed by atoms with E-state index >= 15 is 0 Å². The topological polar surface area (TPSA) is 59.2 Å². The monoisotopic (exact) mass is 268 g/mol. The Morgan fingerprint density at radius 1 is 1.26 bits per heavy atom. The zero-order valence-corrected chi connectivity index (χ0v) is 10.4. The molecule has 1 atom stereocenters. The summed E-state index contributed by atoms with van der Waals surface area (Å²) in [4.78, 5) is 4.10. The Morgan fingerprint density at radius 2 is 1.95 bits per heavy atom. The number of aliphatic hydroxyl groups excluding tert-OH is 1. The van der Waals surface area contributed by atoms with Gasteiger partial charge in [0, 0.05) is 18.9 Å². The van der Waals surface area contributed by atoms with E-state index in [0.29, 0.717) is 30.1 Å². The van der Waals surface area contributed by atoms with Crippen molar-refractivity contribution in [2.24, 2.45) is 0 Å². The standard InChI is InChI=1S/C13H14F2N2O2/c1-8(18)2-3-13-16-12(17-19-13)6-9-4-10(14)7-11(15)5-9/h4-5,7-8,18H,2-3,6H2,1H3. The highest BCUT2D eigenvalue weighted by molar-refractivity contribution is 5.21. The number of hydrogen-bond donors (Lipinski definition) is 1. The van der Waals surface area contributed by atoms with Crippen LogP contribution in [0.4, 0.5) is 8.78 Å². The van der Waals surface area contributed by atoms with E-state index in [1.807, 2.05) is 0 Å². The molecular formula is C13H14F2N2O2. The number of hydrogen-bond acceptors (Lipinski definition) is 4. The summed E-state index contributed by atoms with van der Waals surface area (Å²) >= 11 is 0. The first-order valence-electron chi connectivity index (χ1n) is 5.97. The molecule has 0 radical (unpaired) electrons. The van der Waals surface area contributed by atoms with Crippen molar-refractivity contribution in [3.63, 3.8) is 0 Å². The zero-order chi connectivity index (χ0) is 13.8. The molecule has 0 aliphatic carbocycles. The molecule has 0 bridgehead atoms. The molecule has 0 saturated carbocycles. The van der Waals surface area contributed by atoms with E-state index in [-0.39, 0.29) is 6.42 Å². The molecule has 1 N–H and O–H groups in total. The van der Waals surface area contributed by atoms with Crippen molar-refractivity contribution in [1.29, 1.82) is 0 Å². The second kappa shape index (κ2) is 5.88. The molecule has 0 amide bonds. The molecule has 1 aromatic carbocycles. The molecule has 0 saturated heterocycles. The third-order valence-electron chi connectivity index (χ3n) is 2.57. The van der Waals surface area contributed by atoms with Crippen LogP contribution in [-0.2, 0) is 12.8 Å². The van der Waals surface area contributed by atoms with E-state index in [1.54, 1.807) is 6.92 Å². The lowest BCUT2D eigenvalue weighted by Gasteiger charge is -1.99. The van der Waals surface area contributed by atoms with Crippen molar-refractivity contribution < 1.29 is 18.4 Å². The summed E-state index contributed by atoms with van der Waals surface area (Å²) in [5.74, 6) is -0.487. The highest BCUT2D eigenvalue weighted by Gasteiger charge is 2.09. The molecule has 2 rings (SSSR count). The summed E-state index contributed by atoms with van der Waals surface area (Å²) in [6.07, 6.45) is 0.762. The molecule has 0 spiro atoms. The van der Waals surface area contributed by atoms with Gasteiger partial charge in [-0.2, -0.15) is 4.98 Å². The van der Waals surface area contributed by atoms with Crippen LogP contribution in [0.15, 0.2) is 22.7 Å². The highest BCUT2D eigenvalue weighted by atomic mass is 19.1. The molecule has 4 nitrogen and oxygen atoms in total. The Labute approximate surface area is 109 Å². The van der Waals surface area contributed by atoms with Crippen molar-refractivity contribution >= 4 is 0 Å². The van der Waals surface area contributed by atoms with Gasteiger partial charge in [-0.05, 0) is 31.0 Å². The molecule has 19 heavy (non-hydrogen) atoms. The average molecular weight is 268 g/mol. The fraction of sp³-hybridized carbons (Fsp3) is 0.385. The molecule has 1 unspecified atom stereocenters. The summed E-state index contributed by atoms with van der Waals surface area (Å²) in [5, 5.41) is 12.9. The van der Waals surface area contributed by atoms with Gasteiger partial charge in [-0.15, -0.1) is 0 Å². The molecule has 0 aliphatic heterocycles. The van der Waals surface area contributed by atoms with Crippen LogP contribution in [-0.4, -0.2) is 21.4 Å². The van der Waals surface area contributed by atoms with Crippen molar-refractivity contribution in [1.82, 2.24) is 10.1 Å². The molecule has 1 aromatic heterocycles. The van der Waals surface area contributed by atoms with Gasteiger partial charge in [0.05, 0.1) is 6.10 Å². The molecule has 6 heteroatoms. The second-order valence-electron chi connectivity index (χ2n) is 4.45. The lowest BCUT2D eigenvalue weighted by Crippen LogP contribution is -2.01. The van der Waals surface area contributed by atoms with E-state index in [1.165, 1.54) is 12.1 Å². The second-order valence-corrected chi connectivity index (χ2v) is 4.45. The summed E-state index contributed by atoms with van der Waals surface area (Å²) in [5.41, 5.74) is 0.445. The highest BCUT2D eigenvalue weighted by Crippen LogP contribution is 2.12. The van der Waals surface area contributed by atoms with Crippen LogP contribution in [0.5, 0.6) is 0 Å². The van der Waals surface area contributed by atoms with Crippen LogP contribution in [0.25, 0.3) is 0 Å². The Balaban J connectivity index is 2.03. The van der Waals surface area contributed by atoms with Gasteiger partial charge in [-0.25, -0.2) is 8.78 Å². The smallest absolute Gasteiger partial charge is 0.226 e. The molecule has 1 heterocycles. The zero-order valence-electron chi connectivity index (χ0n) is 10.4. The van der Waals surface area contributed by atoms with E-state index in [4.69, 9.17) is 9.63 Å². The quantitative estimate of drug-likeness (QED) is 0.903. The van der Waals surface area contributed by atoms with Crippen LogP contribution in [0.2, 0.25) is 0 Å². The van der Waals surface area contributed by atoms with E-state index < -0.39 is 17.7 Å². The third kappa shape index (κ3) is 4.10. The maximum Gasteiger partial charge on any atom is 0.226 e. The predicted octanol–water partition coefficient (Wildman–Crippen LogP) is 2.25. The maximum absolute atomic E-state index is 13.0. The minimum absolute atomic E-state index is 0.201. The van der Waals surface area contributed by atoms with Gasteiger partial charge < -0.3 is 9.63 Å². The maximum atomic E-state index is 13.0. The summed E-state index contributed by atoms with van der Waals surface area (Å²) in [6.45, 7) is 1.67. The molecule has 0 fully saturated rings. The van der Waals surface area contributed by atoms with Gasteiger partial charge >= 0.3 is 0 Å². The molecule has 102 valence electrons. The first-order chi connectivity index (χ1) is 9.02. The Morgan fingerprint density at radius 3 is 2.58 bits per heavy atom. The van der Waals surface area contributed by atoms with Crippen molar-refractivity contribution in [3.8, 4) is 0 Å². The fourth-order valence-electron chi connectivity index (χ4n) is 1.69. The molecule has 0 aliphatic rings. The number of aliphatic hydroxyl groups is 1. The van der Waals surface area contributed by atoms with Gasteiger partial charge in [0.1, 0.15) is 11.6 Å².